The molecule has 4 aromatic rings. The van der Waals surface area contributed by atoms with Crippen molar-refractivity contribution in [1.29, 1.82) is 0 Å². The Labute approximate surface area is 156 Å². The lowest BCUT2D eigenvalue weighted by atomic mass is 10.1. The van der Waals surface area contributed by atoms with E-state index in [1.54, 1.807) is 10.6 Å². The second-order valence-electron chi connectivity index (χ2n) is 6.19. The molecule has 0 bridgehead atoms. The Hall–Kier alpha value is -3.48. The first-order valence-electron chi connectivity index (χ1n) is 8.86. The standard InChI is InChI=1S/C20H19N5O2/c1-2-8-17-22-19(24-27-17)18(14-9-4-3-5-10-14)23-20(26)15-13-21-16-11-6-7-12-25(15)16/h3-7,9-13,18H,2,8H2,1H3,(H,23,26). The van der Waals surface area contributed by atoms with Gasteiger partial charge in [0.2, 0.25) is 5.89 Å². The number of pyridine rings is 1. The number of aryl methyl sites for hydroxylation is 1. The summed E-state index contributed by atoms with van der Waals surface area (Å²) in [6.45, 7) is 2.05. The van der Waals surface area contributed by atoms with Gasteiger partial charge in [0.05, 0.1) is 6.20 Å². The van der Waals surface area contributed by atoms with Gasteiger partial charge < -0.3 is 9.84 Å². The van der Waals surface area contributed by atoms with Gasteiger partial charge in [0.25, 0.3) is 5.91 Å². The summed E-state index contributed by atoms with van der Waals surface area (Å²) in [6, 6.07) is 14.7. The minimum Gasteiger partial charge on any atom is -0.339 e. The average molecular weight is 361 g/mol. The van der Waals surface area contributed by atoms with E-state index in [1.807, 2.05) is 61.7 Å². The Morgan fingerprint density at radius 2 is 2.00 bits per heavy atom. The lowest BCUT2D eigenvalue weighted by molar-refractivity contribution is 0.0935. The van der Waals surface area contributed by atoms with Crippen LogP contribution in [0.25, 0.3) is 5.65 Å². The lowest BCUT2D eigenvalue weighted by Gasteiger charge is -2.15. The van der Waals surface area contributed by atoms with Crippen molar-refractivity contribution in [1.82, 2.24) is 24.8 Å². The number of carbonyl (C=O) groups excluding carboxylic acids is 1. The number of benzene rings is 1. The molecule has 3 heterocycles. The number of nitrogens with zero attached hydrogens (tertiary/aromatic N) is 4. The van der Waals surface area contributed by atoms with E-state index in [2.05, 4.69) is 20.4 Å². The molecule has 0 saturated heterocycles. The third-order valence-corrected chi connectivity index (χ3v) is 4.26. The molecule has 1 amide bonds. The van der Waals surface area contributed by atoms with Crippen LogP contribution in [-0.4, -0.2) is 25.4 Å². The van der Waals surface area contributed by atoms with Crippen LogP contribution in [0.2, 0.25) is 0 Å². The number of hydrogen-bond donors (Lipinski definition) is 1. The van der Waals surface area contributed by atoms with Crippen LogP contribution in [0.5, 0.6) is 0 Å². The Bertz CT molecular complexity index is 1050. The van der Waals surface area contributed by atoms with E-state index >= 15 is 0 Å². The maximum absolute atomic E-state index is 13.0. The molecule has 4 rings (SSSR count). The zero-order valence-corrected chi connectivity index (χ0v) is 14.9. The van der Waals surface area contributed by atoms with Crippen molar-refractivity contribution in [3.05, 3.63) is 83.9 Å². The molecule has 0 fully saturated rings. The SMILES string of the molecule is CCCc1nc(C(NC(=O)c2cnc3ccccn23)c2ccccc2)no1. The molecule has 0 radical (unpaired) electrons. The fourth-order valence-corrected chi connectivity index (χ4v) is 2.95. The molecule has 0 aliphatic heterocycles. The van der Waals surface area contributed by atoms with Crippen molar-refractivity contribution in [2.75, 3.05) is 0 Å². The number of imidazole rings is 1. The predicted molar refractivity (Wildman–Crippen MR) is 99.2 cm³/mol. The summed E-state index contributed by atoms with van der Waals surface area (Å²) >= 11 is 0. The van der Waals surface area contributed by atoms with Gasteiger partial charge in [-0.1, -0.05) is 48.5 Å². The van der Waals surface area contributed by atoms with Gasteiger partial charge in [-0.25, -0.2) is 4.98 Å². The quantitative estimate of drug-likeness (QED) is 0.570. The molecule has 0 saturated carbocycles. The molecule has 0 aliphatic carbocycles. The third-order valence-electron chi connectivity index (χ3n) is 4.26. The van der Waals surface area contributed by atoms with Gasteiger partial charge in [-0.15, -0.1) is 0 Å². The molecule has 7 nitrogen and oxygen atoms in total. The van der Waals surface area contributed by atoms with Crippen LogP contribution in [0.3, 0.4) is 0 Å². The number of hydrogen-bond acceptors (Lipinski definition) is 5. The Morgan fingerprint density at radius 3 is 2.81 bits per heavy atom. The molecule has 1 atom stereocenters. The summed E-state index contributed by atoms with van der Waals surface area (Å²) in [4.78, 5) is 21.7. The van der Waals surface area contributed by atoms with Crippen LogP contribution < -0.4 is 5.32 Å². The molecule has 3 aromatic heterocycles. The number of aromatic nitrogens is 4. The normalized spacial score (nSPS) is 12.2. The van der Waals surface area contributed by atoms with Crippen LogP contribution in [0.4, 0.5) is 0 Å². The summed E-state index contributed by atoms with van der Waals surface area (Å²) in [5, 5.41) is 7.10. The monoisotopic (exact) mass is 361 g/mol. The highest BCUT2D eigenvalue weighted by molar-refractivity contribution is 5.93. The molecule has 0 spiro atoms. The number of rotatable bonds is 6. The van der Waals surface area contributed by atoms with Crippen molar-refractivity contribution < 1.29 is 9.32 Å². The van der Waals surface area contributed by atoms with E-state index in [0.29, 0.717) is 29.5 Å². The molecule has 1 aromatic carbocycles. The Kier molecular flexibility index (Phi) is 4.65. The number of amides is 1. The zero-order chi connectivity index (χ0) is 18.6. The summed E-state index contributed by atoms with van der Waals surface area (Å²) in [7, 11) is 0. The van der Waals surface area contributed by atoms with Gasteiger partial charge in [-0.3, -0.25) is 9.20 Å². The van der Waals surface area contributed by atoms with Crippen LogP contribution in [0, 0.1) is 0 Å². The van der Waals surface area contributed by atoms with Gasteiger partial charge >= 0.3 is 0 Å². The number of carbonyl (C=O) groups is 1. The summed E-state index contributed by atoms with van der Waals surface area (Å²) in [5.41, 5.74) is 2.04. The van der Waals surface area contributed by atoms with Crippen molar-refractivity contribution >= 4 is 11.6 Å². The van der Waals surface area contributed by atoms with E-state index in [9.17, 15) is 4.79 Å². The van der Waals surface area contributed by atoms with Gasteiger partial charge in [0.15, 0.2) is 5.82 Å². The highest BCUT2D eigenvalue weighted by Crippen LogP contribution is 2.21. The Morgan fingerprint density at radius 1 is 1.19 bits per heavy atom. The summed E-state index contributed by atoms with van der Waals surface area (Å²) in [6.07, 6.45) is 4.98. The van der Waals surface area contributed by atoms with Gasteiger partial charge in [0, 0.05) is 12.6 Å². The first-order valence-corrected chi connectivity index (χ1v) is 8.86. The predicted octanol–water partition coefficient (Wildman–Crippen LogP) is 3.19. The second kappa shape index (κ2) is 7.41. The van der Waals surface area contributed by atoms with E-state index < -0.39 is 6.04 Å². The number of fused-ring (bicyclic) bond motifs is 1. The Balaban J connectivity index is 1.67. The number of nitrogens with one attached hydrogen (secondary N) is 1. The van der Waals surface area contributed by atoms with E-state index in [0.717, 1.165) is 12.0 Å². The fourth-order valence-electron chi connectivity index (χ4n) is 2.95. The zero-order valence-electron chi connectivity index (χ0n) is 14.9. The van der Waals surface area contributed by atoms with E-state index in [4.69, 9.17) is 4.52 Å². The molecule has 136 valence electrons. The topological polar surface area (TPSA) is 85.3 Å². The maximum atomic E-state index is 13.0. The van der Waals surface area contributed by atoms with E-state index in [-0.39, 0.29) is 5.91 Å². The summed E-state index contributed by atoms with van der Waals surface area (Å²) in [5.74, 6) is 0.744. The van der Waals surface area contributed by atoms with Crippen LogP contribution in [0.1, 0.15) is 47.2 Å². The van der Waals surface area contributed by atoms with Crippen LogP contribution in [-0.2, 0) is 6.42 Å². The molecular formula is C20H19N5O2. The molecule has 0 aliphatic rings. The smallest absolute Gasteiger partial charge is 0.270 e. The minimum absolute atomic E-state index is 0.260. The third kappa shape index (κ3) is 3.44. The van der Waals surface area contributed by atoms with Crippen molar-refractivity contribution in [3.63, 3.8) is 0 Å². The van der Waals surface area contributed by atoms with Crippen molar-refractivity contribution in [2.45, 2.75) is 25.8 Å². The van der Waals surface area contributed by atoms with Crippen molar-refractivity contribution in [3.8, 4) is 0 Å². The lowest BCUT2D eigenvalue weighted by Crippen LogP contribution is -2.31. The fraction of sp³-hybridized carbons (Fsp3) is 0.200. The first-order chi connectivity index (χ1) is 13.3. The van der Waals surface area contributed by atoms with Gasteiger partial charge in [-0.05, 0) is 24.1 Å². The molecule has 7 heteroatoms. The molecule has 27 heavy (non-hydrogen) atoms. The first kappa shape index (κ1) is 17.0. The minimum atomic E-state index is -0.512. The molecular weight excluding hydrogens is 342 g/mol. The molecule has 1 N–H and O–H groups in total. The highest BCUT2D eigenvalue weighted by atomic mass is 16.5. The van der Waals surface area contributed by atoms with Crippen LogP contribution in [0.15, 0.2) is 65.4 Å². The van der Waals surface area contributed by atoms with E-state index in [1.165, 1.54) is 0 Å². The largest absolute Gasteiger partial charge is 0.339 e. The van der Waals surface area contributed by atoms with Gasteiger partial charge in [0.1, 0.15) is 17.4 Å². The maximum Gasteiger partial charge on any atom is 0.270 e. The van der Waals surface area contributed by atoms with Gasteiger partial charge in [-0.2, -0.15) is 4.98 Å². The highest BCUT2D eigenvalue weighted by Gasteiger charge is 2.24. The second-order valence-corrected chi connectivity index (χ2v) is 6.19. The average Bonchev–Trinajstić information content (AvgIpc) is 3.34. The van der Waals surface area contributed by atoms with Crippen molar-refractivity contribution in [2.24, 2.45) is 0 Å². The van der Waals surface area contributed by atoms with Crippen LogP contribution >= 0.6 is 0 Å². The molecule has 1 unspecified atom stereocenters. The summed E-state index contributed by atoms with van der Waals surface area (Å²) < 4.78 is 7.07.